The minimum absolute atomic E-state index is 0.102. The van der Waals surface area contributed by atoms with Gasteiger partial charge in [0.05, 0.1) is 29.7 Å². The highest BCUT2D eigenvalue weighted by Gasteiger charge is 2.22. The number of nitrogens with zero attached hydrogens (tertiary/aromatic N) is 5. The van der Waals surface area contributed by atoms with Crippen molar-refractivity contribution in [1.29, 1.82) is 0 Å². The van der Waals surface area contributed by atoms with Crippen molar-refractivity contribution in [2.45, 2.75) is 13.3 Å². The second-order valence-electron chi connectivity index (χ2n) is 8.21. The number of halogens is 1. The number of para-hydroxylation sites is 1. The largest absolute Gasteiger partial charge is 0.460 e. The van der Waals surface area contributed by atoms with E-state index in [1.165, 1.54) is 29.4 Å². The molecule has 0 aliphatic carbocycles. The van der Waals surface area contributed by atoms with E-state index in [-0.39, 0.29) is 16.9 Å². The summed E-state index contributed by atoms with van der Waals surface area (Å²) in [6.07, 6.45) is 1.84. The number of morpholine rings is 1. The minimum Gasteiger partial charge on any atom is -0.460 e. The lowest BCUT2D eigenvalue weighted by molar-refractivity contribution is 0.0810. The molecule has 4 aromatic rings. The summed E-state index contributed by atoms with van der Waals surface area (Å²) in [6.45, 7) is 3.98. The summed E-state index contributed by atoms with van der Waals surface area (Å²) in [4.78, 5) is 37.4. The van der Waals surface area contributed by atoms with Crippen molar-refractivity contribution in [2.75, 3.05) is 31.2 Å². The Morgan fingerprint density at radius 2 is 1.80 bits per heavy atom. The Morgan fingerprint density at radius 1 is 1.09 bits per heavy atom. The summed E-state index contributed by atoms with van der Waals surface area (Å²) in [7, 11) is 1.52. The second-order valence-corrected chi connectivity index (χ2v) is 8.21. The number of alkyl halides is 1. The average molecular weight is 477 g/mol. The third-order valence-electron chi connectivity index (χ3n) is 5.91. The van der Waals surface area contributed by atoms with Gasteiger partial charge in [-0.05, 0) is 29.8 Å². The fraction of sp³-hybridized carbons (Fsp3) is 0.280. The van der Waals surface area contributed by atoms with E-state index in [1.54, 1.807) is 48.8 Å². The maximum atomic E-state index is 13.5. The van der Waals surface area contributed by atoms with Crippen LogP contribution in [0.15, 0.2) is 59.7 Å². The molecule has 0 N–H and O–H groups in total. The van der Waals surface area contributed by atoms with Crippen LogP contribution >= 0.6 is 0 Å². The Morgan fingerprint density at radius 3 is 2.51 bits per heavy atom. The van der Waals surface area contributed by atoms with Gasteiger partial charge in [-0.25, -0.2) is 23.7 Å². The van der Waals surface area contributed by atoms with Crippen LogP contribution in [0, 0.1) is 0 Å². The smallest absolute Gasteiger partial charge is 0.280 e. The lowest BCUT2D eigenvalue weighted by atomic mass is 10.1. The molecule has 1 atom stereocenters. The number of benzene rings is 2. The predicted molar refractivity (Wildman–Crippen MR) is 129 cm³/mol. The molecule has 1 aliphatic heterocycles. The van der Waals surface area contributed by atoms with Gasteiger partial charge in [0.2, 0.25) is 12.3 Å². The van der Waals surface area contributed by atoms with Gasteiger partial charge in [0.25, 0.3) is 11.5 Å². The maximum Gasteiger partial charge on any atom is 0.280 e. The Hall–Kier alpha value is -4.05. The van der Waals surface area contributed by atoms with Crippen LogP contribution in [0.1, 0.15) is 17.3 Å². The molecule has 1 saturated heterocycles. The number of fused-ring (bicyclic) bond motifs is 1. The number of carbonyl (C=O) groups excluding carboxylic acids is 1. The van der Waals surface area contributed by atoms with E-state index in [9.17, 15) is 14.0 Å². The average Bonchev–Trinajstić information content (AvgIpc) is 3.13. The number of hydrogen-bond donors (Lipinski definition) is 0. The number of ether oxygens (including phenoxy) is 2. The Labute approximate surface area is 200 Å². The summed E-state index contributed by atoms with van der Waals surface area (Å²) in [5.74, 6) is 0.223. The Kier molecular flexibility index (Phi) is 6.04. The molecule has 1 fully saturated rings. The van der Waals surface area contributed by atoms with E-state index < -0.39 is 12.3 Å². The van der Waals surface area contributed by atoms with Crippen molar-refractivity contribution in [3.63, 3.8) is 0 Å². The van der Waals surface area contributed by atoms with Crippen molar-refractivity contribution in [2.24, 2.45) is 7.05 Å². The zero-order valence-electron chi connectivity index (χ0n) is 19.3. The van der Waals surface area contributed by atoms with E-state index in [0.29, 0.717) is 30.1 Å². The van der Waals surface area contributed by atoms with Crippen molar-refractivity contribution < 1.29 is 18.7 Å². The molecule has 35 heavy (non-hydrogen) atoms. The zero-order chi connectivity index (χ0) is 24.5. The molecule has 1 unspecified atom stereocenters. The van der Waals surface area contributed by atoms with Crippen LogP contribution in [-0.4, -0.2) is 57.9 Å². The molecule has 5 rings (SSSR count). The summed E-state index contributed by atoms with van der Waals surface area (Å²) < 4.78 is 26.6. The highest BCUT2D eigenvalue weighted by atomic mass is 19.1. The van der Waals surface area contributed by atoms with Gasteiger partial charge in [-0.3, -0.25) is 9.59 Å². The van der Waals surface area contributed by atoms with Gasteiger partial charge in [0.1, 0.15) is 5.75 Å². The molecule has 1 aliphatic rings. The van der Waals surface area contributed by atoms with Gasteiger partial charge < -0.3 is 14.4 Å². The van der Waals surface area contributed by atoms with Crippen molar-refractivity contribution in [3.8, 4) is 16.9 Å². The van der Waals surface area contributed by atoms with Gasteiger partial charge in [-0.1, -0.05) is 18.2 Å². The lowest BCUT2D eigenvalue weighted by Crippen LogP contribution is -2.37. The van der Waals surface area contributed by atoms with Crippen LogP contribution in [0.5, 0.6) is 5.75 Å². The van der Waals surface area contributed by atoms with Crippen LogP contribution < -0.4 is 15.2 Å². The summed E-state index contributed by atoms with van der Waals surface area (Å²) in [5.41, 5.74) is 1.74. The van der Waals surface area contributed by atoms with E-state index in [0.717, 1.165) is 24.2 Å². The summed E-state index contributed by atoms with van der Waals surface area (Å²) in [5, 5.41) is 0.382. The van der Waals surface area contributed by atoms with Crippen LogP contribution in [0.25, 0.3) is 22.0 Å². The molecule has 0 radical (unpaired) electrons. The fourth-order valence-corrected chi connectivity index (χ4v) is 4.17. The minimum atomic E-state index is -1.60. The Bertz CT molecular complexity index is 1440. The third kappa shape index (κ3) is 4.28. The van der Waals surface area contributed by atoms with Gasteiger partial charge in [0, 0.05) is 45.0 Å². The first-order valence-corrected chi connectivity index (χ1v) is 11.3. The maximum absolute atomic E-state index is 13.5. The summed E-state index contributed by atoms with van der Waals surface area (Å²) in [6, 6.07) is 11.6. The number of aromatic nitrogens is 4. The monoisotopic (exact) mass is 477 g/mol. The van der Waals surface area contributed by atoms with Gasteiger partial charge in [-0.2, -0.15) is 0 Å². The SMILES string of the molecule is CC(F)Oc1ccccc1C(=O)n1c2cc(-c3cnc(N4CCOCC4)nc3)ccc2c(=O)n1C. The topological polar surface area (TPSA) is 91.5 Å². The van der Waals surface area contributed by atoms with Crippen molar-refractivity contribution in [3.05, 3.63) is 70.8 Å². The first kappa shape index (κ1) is 22.7. The van der Waals surface area contributed by atoms with Crippen LogP contribution in [0.2, 0.25) is 0 Å². The van der Waals surface area contributed by atoms with Crippen LogP contribution in [-0.2, 0) is 11.8 Å². The third-order valence-corrected chi connectivity index (χ3v) is 5.91. The number of anilines is 1. The molecule has 0 amide bonds. The normalized spacial score (nSPS) is 14.8. The Balaban J connectivity index is 1.55. The van der Waals surface area contributed by atoms with Crippen LogP contribution in [0.3, 0.4) is 0 Å². The number of carbonyl (C=O) groups is 1. The van der Waals surface area contributed by atoms with E-state index >= 15 is 0 Å². The standard InChI is InChI=1S/C25H24FN5O4/c1-16(26)35-22-6-4-3-5-20(22)24(33)31-21-13-17(7-8-19(21)23(32)29(31)2)18-14-27-25(28-15-18)30-9-11-34-12-10-30/h3-8,13-16H,9-12H2,1-2H3. The van der Waals surface area contributed by atoms with E-state index in [1.807, 2.05) is 0 Å². The zero-order valence-corrected chi connectivity index (χ0v) is 19.3. The molecule has 2 aromatic carbocycles. The van der Waals surface area contributed by atoms with Gasteiger partial charge in [-0.15, -0.1) is 0 Å². The molecule has 0 bridgehead atoms. The molecule has 2 aromatic heterocycles. The number of hydrogen-bond acceptors (Lipinski definition) is 7. The van der Waals surface area contributed by atoms with Crippen molar-refractivity contribution >= 4 is 22.8 Å². The molecule has 0 spiro atoms. The molecule has 0 saturated carbocycles. The molecular formula is C25H24FN5O4. The first-order valence-electron chi connectivity index (χ1n) is 11.3. The van der Waals surface area contributed by atoms with Gasteiger partial charge >= 0.3 is 0 Å². The second kappa shape index (κ2) is 9.30. The highest BCUT2D eigenvalue weighted by molar-refractivity contribution is 6.03. The van der Waals surface area contributed by atoms with E-state index in [2.05, 4.69) is 14.9 Å². The highest BCUT2D eigenvalue weighted by Crippen LogP contribution is 2.26. The van der Waals surface area contributed by atoms with Crippen LogP contribution in [0.4, 0.5) is 10.3 Å². The molecule has 180 valence electrons. The molecular weight excluding hydrogens is 453 g/mol. The fourth-order valence-electron chi connectivity index (χ4n) is 4.17. The predicted octanol–water partition coefficient (Wildman–Crippen LogP) is 3.02. The van der Waals surface area contributed by atoms with Crippen molar-refractivity contribution in [1.82, 2.24) is 19.3 Å². The molecule has 10 heteroatoms. The number of rotatable bonds is 5. The van der Waals surface area contributed by atoms with Gasteiger partial charge in [0.15, 0.2) is 0 Å². The summed E-state index contributed by atoms with van der Waals surface area (Å²) >= 11 is 0. The molecule has 9 nitrogen and oxygen atoms in total. The quantitative estimate of drug-likeness (QED) is 0.436. The lowest BCUT2D eigenvalue weighted by Gasteiger charge is -2.26. The first-order chi connectivity index (χ1) is 16.9. The molecule has 3 heterocycles. The van der Waals surface area contributed by atoms with E-state index in [4.69, 9.17) is 9.47 Å².